The Hall–Kier alpha value is 0.909. The van der Waals surface area contributed by atoms with E-state index in [9.17, 15) is 0 Å². The van der Waals surface area contributed by atoms with Gasteiger partial charge < -0.3 is 6.92 Å². The third kappa shape index (κ3) is 6.27. The van der Waals surface area contributed by atoms with E-state index in [0.29, 0.717) is 0 Å². The first-order chi connectivity index (χ1) is 6.47. The molecule has 0 N–H and O–H groups in total. The summed E-state index contributed by atoms with van der Waals surface area (Å²) in [6, 6.07) is 0. The molecular formula is C13H25BY-. The maximum atomic E-state index is 3.25. The minimum Gasteiger partial charge on any atom is -0.346 e. The molecule has 0 spiro atoms. The molecule has 0 unspecified atom stereocenters. The van der Waals surface area contributed by atoms with Crippen molar-refractivity contribution in [3.63, 3.8) is 0 Å². The van der Waals surface area contributed by atoms with Crippen molar-refractivity contribution in [2.75, 3.05) is 0 Å². The van der Waals surface area contributed by atoms with E-state index < -0.39 is 0 Å². The smallest absolute Gasteiger partial charge is 0.145 e. The van der Waals surface area contributed by atoms with E-state index in [1.807, 2.05) is 0 Å². The van der Waals surface area contributed by atoms with Crippen LogP contribution >= 0.6 is 0 Å². The number of rotatable bonds is 0. The third-order valence-corrected chi connectivity index (χ3v) is 2.95. The van der Waals surface area contributed by atoms with Gasteiger partial charge in [-0.1, -0.05) is 38.6 Å². The molecule has 1 heterocycles. The first-order valence-corrected chi connectivity index (χ1v) is 5.71. The van der Waals surface area contributed by atoms with Crippen molar-refractivity contribution in [1.82, 2.24) is 0 Å². The second kappa shape index (κ2) is 11.4. The van der Waals surface area contributed by atoms with Crippen LogP contribution in [-0.2, 0) is 32.7 Å². The molecule has 2 heteroatoms. The Bertz CT molecular complexity index is 157. The van der Waals surface area contributed by atoms with Crippen LogP contribution in [0.3, 0.4) is 0 Å². The molecule has 0 amide bonds. The fourth-order valence-electron chi connectivity index (χ4n) is 2.28. The minimum absolute atomic E-state index is 0. The second-order valence-electron chi connectivity index (χ2n) is 3.79. The van der Waals surface area contributed by atoms with E-state index in [-0.39, 0.29) is 40.1 Å². The van der Waals surface area contributed by atoms with Gasteiger partial charge >= 0.3 is 0 Å². The number of allylic oxidation sites excluding steroid dienone is 2. The van der Waals surface area contributed by atoms with E-state index in [4.69, 9.17) is 0 Å². The van der Waals surface area contributed by atoms with Crippen LogP contribution < -0.4 is 0 Å². The SMILES string of the molecule is C.[B]1CCCCC2=C1CCCC2.[CH2-]C.[Y]. The predicted octanol–water partition coefficient (Wildman–Crippen LogP) is 4.59. The summed E-state index contributed by atoms with van der Waals surface area (Å²) in [6.45, 7) is 5.00. The molecule has 84 valence electrons. The summed E-state index contributed by atoms with van der Waals surface area (Å²) in [5.41, 5.74) is 3.53. The molecule has 1 aliphatic carbocycles. The Morgan fingerprint density at radius 3 is 2.13 bits per heavy atom. The average Bonchev–Trinajstić information content (AvgIpc) is 2.45. The maximum absolute atomic E-state index is 3.25. The first-order valence-electron chi connectivity index (χ1n) is 5.71. The van der Waals surface area contributed by atoms with Crippen LogP contribution in [-0.4, -0.2) is 7.28 Å². The molecule has 2 radical (unpaired) electrons. The van der Waals surface area contributed by atoms with Gasteiger partial charge in [0.1, 0.15) is 7.28 Å². The average molecular weight is 281 g/mol. The van der Waals surface area contributed by atoms with Crippen LogP contribution in [0.25, 0.3) is 0 Å². The Balaban J connectivity index is 0. The molecule has 0 aromatic rings. The van der Waals surface area contributed by atoms with Gasteiger partial charge in [0, 0.05) is 32.7 Å². The minimum atomic E-state index is 0. The normalized spacial score (nSPS) is 19.1. The zero-order valence-corrected chi connectivity index (χ0v) is 12.4. The van der Waals surface area contributed by atoms with E-state index in [2.05, 4.69) is 14.2 Å². The van der Waals surface area contributed by atoms with E-state index in [1.54, 1.807) is 18.0 Å². The van der Waals surface area contributed by atoms with Gasteiger partial charge in [0.05, 0.1) is 0 Å². The molecule has 2 aliphatic rings. The topological polar surface area (TPSA) is 0 Å². The third-order valence-electron chi connectivity index (χ3n) is 2.95. The zero-order valence-electron chi connectivity index (χ0n) is 9.52. The summed E-state index contributed by atoms with van der Waals surface area (Å²) >= 11 is 0. The molecular weight excluding hydrogens is 256 g/mol. The van der Waals surface area contributed by atoms with E-state index >= 15 is 0 Å². The van der Waals surface area contributed by atoms with Crippen molar-refractivity contribution in [2.45, 2.75) is 65.6 Å². The van der Waals surface area contributed by atoms with Crippen molar-refractivity contribution in [3.8, 4) is 0 Å². The van der Waals surface area contributed by atoms with Gasteiger partial charge in [0.25, 0.3) is 0 Å². The van der Waals surface area contributed by atoms with Gasteiger partial charge in [-0.15, -0.1) is 5.47 Å². The Morgan fingerprint density at radius 1 is 0.933 bits per heavy atom. The van der Waals surface area contributed by atoms with Crippen molar-refractivity contribution in [3.05, 3.63) is 18.0 Å². The molecule has 0 aromatic carbocycles. The molecule has 0 fully saturated rings. The first kappa shape index (κ1) is 18.3. The van der Waals surface area contributed by atoms with E-state index in [0.717, 1.165) is 0 Å². The Morgan fingerprint density at radius 2 is 1.47 bits per heavy atom. The molecule has 15 heavy (non-hydrogen) atoms. The maximum Gasteiger partial charge on any atom is 0.145 e. The summed E-state index contributed by atoms with van der Waals surface area (Å²) < 4.78 is 0. The van der Waals surface area contributed by atoms with Crippen LogP contribution in [0.1, 0.15) is 59.3 Å². The largest absolute Gasteiger partial charge is 0.346 e. The van der Waals surface area contributed by atoms with Crippen molar-refractivity contribution < 1.29 is 32.7 Å². The summed E-state index contributed by atoms with van der Waals surface area (Å²) in [5, 5.41) is 0. The summed E-state index contributed by atoms with van der Waals surface area (Å²) in [5.74, 6) is 0. The summed E-state index contributed by atoms with van der Waals surface area (Å²) in [7, 11) is 2.50. The van der Waals surface area contributed by atoms with Gasteiger partial charge in [0.2, 0.25) is 0 Å². The zero-order chi connectivity index (χ0) is 9.52. The second-order valence-corrected chi connectivity index (χ2v) is 3.79. The molecule has 1 aliphatic heterocycles. The van der Waals surface area contributed by atoms with Crippen LogP contribution in [0.5, 0.6) is 0 Å². The van der Waals surface area contributed by atoms with Crippen molar-refractivity contribution >= 4 is 7.28 Å². The van der Waals surface area contributed by atoms with Gasteiger partial charge in [-0.3, -0.25) is 0 Å². The Labute approximate surface area is 123 Å². The van der Waals surface area contributed by atoms with Gasteiger partial charge in [-0.05, 0) is 25.7 Å². The number of hydrogen-bond acceptors (Lipinski definition) is 0. The molecule has 2 rings (SSSR count). The predicted molar refractivity (Wildman–Crippen MR) is 67.7 cm³/mol. The summed E-state index contributed by atoms with van der Waals surface area (Å²) in [6.07, 6.45) is 11.3. The van der Waals surface area contributed by atoms with Gasteiger partial charge in [0.15, 0.2) is 0 Å². The van der Waals surface area contributed by atoms with Gasteiger partial charge in [-0.2, -0.15) is 6.92 Å². The fourth-order valence-corrected chi connectivity index (χ4v) is 2.28. The van der Waals surface area contributed by atoms with Crippen molar-refractivity contribution in [2.24, 2.45) is 0 Å². The molecule has 0 saturated carbocycles. The molecule has 0 saturated heterocycles. The molecule has 0 aromatic heterocycles. The quantitative estimate of drug-likeness (QED) is 0.450. The van der Waals surface area contributed by atoms with Crippen molar-refractivity contribution in [1.29, 1.82) is 0 Å². The van der Waals surface area contributed by atoms with Crippen LogP contribution in [0.4, 0.5) is 0 Å². The summed E-state index contributed by atoms with van der Waals surface area (Å²) in [4.78, 5) is 0. The molecule has 0 nitrogen and oxygen atoms in total. The fraction of sp³-hybridized carbons (Fsp3) is 0.769. The van der Waals surface area contributed by atoms with Crippen LogP contribution in [0, 0.1) is 6.92 Å². The van der Waals surface area contributed by atoms with E-state index in [1.165, 1.54) is 51.3 Å². The van der Waals surface area contributed by atoms with Gasteiger partial charge in [-0.25, -0.2) is 0 Å². The Kier molecular flexibility index (Phi) is 13.9. The number of hydrogen-bond donors (Lipinski definition) is 0. The molecule has 0 atom stereocenters. The monoisotopic (exact) mass is 281 g/mol. The standard InChI is InChI=1S/C10H16B.C2H5.CH4.Y/c1-2-7-10-9(5-1)6-3-4-8-11-10;1-2;;/h1-8H2;1H2,2H3;1H4;/q;-1;;. The molecule has 0 bridgehead atoms. The van der Waals surface area contributed by atoms with Crippen LogP contribution in [0.15, 0.2) is 11.0 Å². The van der Waals surface area contributed by atoms with Crippen LogP contribution in [0.2, 0.25) is 6.32 Å².